The highest BCUT2D eigenvalue weighted by atomic mass is 16.6. The molecule has 0 spiro atoms. The lowest BCUT2D eigenvalue weighted by molar-refractivity contribution is -0.117. The number of imidazole rings is 1. The van der Waals surface area contributed by atoms with E-state index >= 15 is 0 Å². The molecule has 0 N–H and O–H groups in total. The molecule has 2 amide bonds. The van der Waals surface area contributed by atoms with Crippen LogP contribution >= 0.6 is 0 Å². The summed E-state index contributed by atoms with van der Waals surface area (Å²) in [6, 6.07) is 11.5. The first kappa shape index (κ1) is 21.4. The van der Waals surface area contributed by atoms with Gasteiger partial charge in [0.2, 0.25) is 5.91 Å². The Kier molecular flexibility index (Phi) is 4.87. The Bertz CT molecular complexity index is 1470. The van der Waals surface area contributed by atoms with Gasteiger partial charge in [0.1, 0.15) is 5.75 Å². The van der Waals surface area contributed by atoms with Crippen LogP contribution in [-0.2, 0) is 11.8 Å². The zero-order valence-corrected chi connectivity index (χ0v) is 19.9. The summed E-state index contributed by atoms with van der Waals surface area (Å²) < 4.78 is 9.69. The van der Waals surface area contributed by atoms with Gasteiger partial charge in [0.25, 0.3) is 0 Å². The van der Waals surface area contributed by atoms with E-state index in [4.69, 9.17) is 4.74 Å². The van der Waals surface area contributed by atoms with Crippen LogP contribution in [0.1, 0.15) is 32.7 Å². The molecule has 0 unspecified atom stereocenters. The molecule has 2 aromatic heterocycles. The monoisotopic (exact) mass is 470 g/mol. The summed E-state index contributed by atoms with van der Waals surface area (Å²) in [6.45, 7) is 3.80. The van der Waals surface area contributed by atoms with Crippen molar-refractivity contribution in [1.82, 2.24) is 19.3 Å². The van der Waals surface area contributed by atoms with Crippen molar-refractivity contribution in [3.8, 4) is 16.9 Å². The summed E-state index contributed by atoms with van der Waals surface area (Å²) in [7, 11) is 1.92. The van der Waals surface area contributed by atoms with Gasteiger partial charge in [0, 0.05) is 38.3 Å². The predicted molar refractivity (Wildman–Crippen MR) is 133 cm³/mol. The van der Waals surface area contributed by atoms with E-state index in [9.17, 15) is 9.59 Å². The third kappa shape index (κ3) is 3.73. The molecule has 2 aromatic carbocycles. The molecule has 4 aromatic rings. The van der Waals surface area contributed by atoms with Gasteiger partial charge in [-0.1, -0.05) is 6.07 Å². The first-order valence-corrected chi connectivity index (χ1v) is 11.8. The van der Waals surface area contributed by atoms with Crippen LogP contribution in [0, 0.1) is 0 Å². The molecule has 9 heteroatoms. The van der Waals surface area contributed by atoms with Crippen LogP contribution in [0.4, 0.5) is 16.2 Å². The molecular weight excluding hydrogens is 444 g/mol. The van der Waals surface area contributed by atoms with E-state index in [2.05, 4.69) is 10.1 Å². The van der Waals surface area contributed by atoms with E-state index < -0.39 is 6.09 Å². The molecule has 9 nitrogen and oxygen atoms in total. The SMILES string of the molecule is CC(=O)N1c2ccc(-c3cnn(C4CC4)c3)cc2N(C(=O)Oc2ccc3c(c2)ncn3C)C[C@@H]1C. The van der Waals surface area contributed by atoms with Gasteiger partial charge in [-0.3, -0.25) is 14.4 Å². The number of carbonyl (C=O) groups excluding carboxylic acids is 2. The number of rotatable bonds is 3. The third-order valence-electron chi connectivity index (χ3n) is 6.73. The number of ether oxygens (including phenoxy) is 1. The van der Waals surface area contributed by atoms with Gasteiger partial charge in [0.05, 0.1) is 47.0 Å². The minimum absolute atomic E-state index is 0.0679. The predicted octanol–water partition coefficient (Wildman–Crippen LogP) is 4.53. The lowest BCUT2D eigenvalue weighted by Crippen LogP contribution is -2.52. The molecule has 1 atom stereocenters. The standard InChI is InChI=1S/C26H26N6O3/c1-16-13-30(26(34)35-21-7-9-23-22(11-21)27-15-29(23)3)25-10-18(4-8-24(25)32(16)17(2)33)19-12-28-31(14-19)20-5-6-20/h4,7-12,14-16,20H,5-6,13H2,1-3H3/t16-/m0/s1. The highest BCUT2D eigenvalue weighted by Gasteiger charge is 2.35. The van der Waals surface area contributed by atoms with E-state index in [-0.39, 0.29) is 11.9 Å². The second-order valence-corrected chi connectivity index (χ2v) is 9.37. The molecular formula is C26H26N6O3. The van der Waals surface area contributed by atoms with Crippen LogP contribution in [0.15, 0.2) is 55.1 Å². The average molecular weight is 471 g/mol. The van der Waals surface area contributed by atoms with Crippen molar-refractivity contribution >= 4 is 34.4 Å². The second kappa shape index (κ2) is 7.97. The molecule has 1 saturated carbocycles. The molecule has 1 aliphatic heterocycles. The number of aryl methyl sites for hydroxylation is 1. The fourth-order valence-electron chi connectivity index (χ4n) is 4.82. The molecule has 1 aliphatic carbocycles. The molecule has 1 fully saturated rings. The number of nitrogens with zero attached hydrogens (tertiary/aromatic N) is 6. The summed E-state index contributed by atoms with van der Waals surface area (Å²) in [4.78, 5) is 33.6. The van der Waals surface area contributed by atoms with Gasteiger partial charge >= 0.3 is 6.09 Å². The number of carbonyl (C=O) groups is 2. The molecule has 35 heavy (non-hydrogen) atoms. The molecule has 6 rings (SSSR count). The van der Waals surface area contributed by atoms with Crippen molar-refractivity contribution in [1.29, 1.82) is 0 Å². The van der Waals surface area contributed by atoms with Crippen molar-refractivity contribution in [2.45, 2.75) is 38.8 Å². The Hall–Kier alpha value is -4.14. The Morgan fingerprint density at radius 3 is 2.66 bits per heavy atom. The van der Waals surface area contributed by atoms with E-state index in [1.165, 1.54) is 0 Å². The normalized spacial score (nSPS) is 17.5. The van der Waals surface area contributed by atoms with Crippen molar-refractivity contribution in [3.63, 3.8) is 0 Å². The molecule has 2 aliphatic rings. The largest absolute Gasteiger partial charge is 0.419 e. The van der Waals surface area contributed by atoms with Crippen molar-refractivity contribution in [3.05, 3.63) is 55.1 Å². The maximum atomic E-state index is 13.4. The number of amides is 2. The number of fused-ring (bicyclic) bond motifs is 2. The van der Waals surface area contributed by atoms with E-state index in [1.54, 1.807) is 35.2 Å². The number of aromatic nitrogens is 4. The number of hydrogen-bond acceptors (Lipinski definition) is 5. The van der Waals surface area contributed by atoms with Crippen molar-refractivity contribution < 1.29 is 14.3 Å². The minimum Gasteiger partial charge on any atom is -0.410 e. The third-order valence-corrected chi connectivity index (χ3v) is 6.73. The quantitative estimate of drug-likeness (QED) is 0.439. The molecule has 0 bridgehead atoms. The van der Waals surface area contributed by atoms with E-state index in [1.807, 2.05) is 59.9 Å². The number of hydrogen-bond donors (Lipinski definition) is 0. The van der Waals surface area contributed by atoms with Crippen LogP contribution in [0.5, 0.6) is 5.75 Å². The van der Waals surface area contributed by atoms with Crippen LogP contribution in [0.3, 0.4) is 0 Å². The average Bonchev–Trinajstić information content (AvgIpc) is 3.45. The van der Waals surface area contributed by atoms with Gasteiger partial charge in [-0.2, -0.15) is 5.10 Å². The number of anilines is 2. The second-order valence-electron chi connectivity index (χ2n) is 9.37. The minimum atomic E-state index is -0.498. The fraction of sp³-hybridized carbons (Fsp3) is 0.308. The Morgan fingerprint density at radius 2 is 1.89 bits per heavy atom. The molecule has 0 saturated heterocycles. The van der Waals surface area contributed by atoms with Crippen molar-refractivity contribution in [2.24, 2.45) is 7.05 Å². The smallest absolute Gasteiger partial charge is 0.410 e. The zero-order chi connectivity index (χ0) is 24.3. The summed E-state index contributed by atoms with van der Waals surface area (Å²) in [5, 5.41) is 4.50. The van der Waals surface area contributed by atoms with Gasteiger partial charge in [-0.15, -0.1) is 0 Å². The summed E-state index contributed by atoms with van der Waals surface area (Å²) in [6.07, 6.45) is 7.42. The molecule has 178 valence electrons. The van der Waals surface area contributed by atoms with E-state index in [0.717, 1.165) is 35.0 Å². The maximum Gasteiger partial charge on any atom is 0.419 e. The van der Waals surface area contributed by atoms with Gasteiger partial charge in [0.15, 0.2) is 0 Å². The lowest BCUT2D eigenvalue weighted by atomic mass is 10.0. The Balaban J connectivity index is 1.36. The highest BCUT2D eigenvalue weighted by Crippen LogP contribution is 2.40. The maximum absolute atomic E-state index is 13.4. The van der Waals surface area contributed by atoms with Gasteiger partial charge < -0.3 is 14.2 Å². The van der Waals surface area contributed by atoms with Crippen LogP contribution in [0.25, 0.3) is 22.2 Å². The van der Waals surface area contributed by atoms with Crippen molar-refractivity contribution in [2.75, 3.05) is 16.3 Å². The molecule has 3 heterocycles. The Morgan fingerprint density at radius 1 is 1.06 bits per heavy atom. The lowest BCUT2D eigenvalue weighted by Gasteiger charge is -2.40. The summed E-state index contributed by atoms with van der Waals surface area (Å²) in [5.41, 5.74) is 4.94. The number of benzene rings is 2. The highest BCUT2D eigenvalue weighted by molar-refractivity contribution is 6.03. The Labute approximate surface area is 202 Å². The van der Waals surface area contributed by atoms with E-state index in [0.29, 0.717) is 29.7 Å². The zero-order valence-electron chi connectivity index (χ0n) is 19.9. The topological polar surface area (TPSA) is 85.5 Å². The van der Waals surface area contributed by atoms with Crippen LogP contribution in [0.2, 0.25) is 0 Å². The van der Waals surface area contributed by atoms with Crippen LogP contribution < -0.4 is 14.5 Å². The summed E-state index contributed by atoms with van der Waals surface area (Å²) >= 11 is 0. The first-order valence-electron chi connectivity index (χ1n) is 11.8. The first-order chi connectivity index (χ1) is 16.9. The molecule has 0 radical (unpaired) electrons. The van der Waals surface area contributed by atoms with Crippen LogP contribution in [-0.4, -0.2) is 43.9 Å². The summed E-state index contributed by atoms with van der Waals surface area (Å²) in [5.74, 6) is 0.355. The van der Waals surface area contributed by atoms with Gasteiger partial charge in [-0.25, -0.2) is 9.78 Å². The van der Waals surface area contributed by atoms with Gasteiger partial charge in [-0.05, 0) is 49.6 Å². The fourth-order valence-corrected chi connectivity index (χ4v) is 4.82.